The van der Waals surface area contributed by atoms with Crippen molar-refractivity contribution in [2.24, 2.45) is 0 Å². The van der Waals surface area contributed by atoms with E-state index < -0.39 is 5.97 Å². The lowest BCUT2D eigenvalue weighted by Gasteiger charge is -2.15. The lowest BCUT2D eigenvalue weighted by molar-refractivity contribution is -0.255. The van der Waals surface area contributed by atoms with Crippen LogP contribution >= 0.6 is 24.0 Å². The number of amides is 1. The maximum absolute atomic E-state index is 12.7. The van der Waals surface area contributed by atoms with Gasteiger partial charge in [0.25, 0.3) is 5.91 Å². The molecule has 126 valence electrons. The molecule has 5 nitrogen and oxygen atoms in total. The SMILES string of the molecule is COc1cccc(/C=C2\SC(=S)N(c3ccc(C(=O)[O-])cc3)C2=O)c1. The van der Waals surface area contributed by atoms with Crippen LogP contribution < -0.4 is 14.7 Å². The topological polar surface area (TPSA) is 69.7 Å². The number of aromatic carboxylic acids is 1. The van der Waals surface area contributed by atoms with E-state index in [4.69, 9.17) is 17.0 Å². The molecule has 1 aliphatic heterocycles. The highest BCUT2D eigenvalue weighted by atomic mass is 32.2. The number of hydrogen-bond acceptors (Lipinski definition) is 6. The fourth-order valence-corrected chi connectivity index (χ4v) is 3.62. The Balaban J connectivity index is 1.89. The van der Waals surface area contributed by atoms with Crippen molar-refractivity contribution in [3.8, 4) is 5.75 Å². The minimum absolute atomic E-state index is 0.0427. The minimum atomic E-state index is -1.27. The Morgan fingerprint density at radius 3 is 2.60 bits per heavy atom. The third-order valence-electron chi connectivity index (χ3n) is 3.55. The van der Waals surface area contributed by atoms with Gasteiger partial charge in [-0.1, -0.05) is 48.2 Å². The van der Waals surface area contributed by atoms with Crippen LogP contribution in [0.4, 0.5) is 5.69 Å². The number of carbonyl (C=O) groups excluding carboxylic acids is 2. The normalized spacial score (nSPS) is 15.7. The summed E-state index contributed by atoms with van der Waals surface area (Å²) < 4.78 is 5.57. The Kier molecular flexibility index (Phi) is 4.87. The van der Waals surface area contributed by atoms with Crippen LogP contribution in [-0.4, -0.2) is 23.3 Å². The van der Waals surface area contributed by atoms with E-state index in [2.05, 4.69) is 0 Å². The zero-order valence-corrected chi connectivity index (χ0v) is 14.7. The van der Waals surface area contributed by atoms with Gasteiger partial charge in [0.2, 0.25) is 0 Å². The van der Waals surface area contributed by atoms with Crippen LogP contribution in [0, 0.1) is 0 Å². The van der Waals surface area contributed by atoms with Gasteiger partial charge in [-0.2, -0.15) is 0 Å². The molecule has 1 heterocycles. The summed E-state index contributed by atoms with van der Waals surface area (Å²) in [4.78, 5) is 25.4. The highest BCUT2D eigenvalue weighted by Gasteiger charge is 2.33. The van der Waals surface area contributed by atoms with Crippen molar-refractivity contribution in [2.75, 3.05) is 12.0 Å². The number of nitrogens with zero attached hydrogens (tertiary/aromatic N) is 1. The van der Waals surface area contributed by atoms with Gasteiger partial charge >= 0.3 is 0 Å². The summed E-state index contributed by atoms with van der Waals surface area (Å²) in [7, 11) is 1.58. The Labute approximate surface area is 153 Å². The number of thiocarbonyl (C=S) groups is 1. The predicted molar refractivity (Wildman–Crippen MR) is 99.4 cm³/mol. The van der Waals surface area contributed by atoms with Crippen LogP contribution in [0.25, 0.3) is 6.08 Å². The lowest BCUT2D eigenvalue weighted by Crippen LogP contribution is -2.28. The van der Waals surface area contributed by atoms with Crippen LogP contribution in [0.1, 0.15) is 15.9 Å². The first-order chi connectivity index (χ1) is 12.0. The van der Waals surface area contributed by atoms with Crippen molar-refractivity contribution in [2.45, 2.75) is 0 Å². The van der Waals surface area contributed by atoms with E-state index in [1.54, 1.807) is 13.2 Å². The predicted octanol–water partition coefficient (Wildman–Crippen LogP) is 2.46. The lowest BCUT2D eigenvalue weighted by atomic mass is 10.2. The fraction of sp³-hybridized carbons (Fsp3) is 0.0556. The number of carboxylic acid groups (broad SMARTS) is 1. The number of hydrogen-bond donors (Lipinski definition) is 0. The first-order valence-electron chi connectivity index (χ1n) is 7.23. The Hall–Kier alpha value is -2.64. The van der Waals surface area contributed by atoms with Crippen molar-refractivity contribution in [1.82, 2.24) is 0 Å². The summed E-state index contributed by atoms with van der Waals surface area (Å²) in [5, 5.41) is 10.8. The number of anilines is 1. The van der Waals surface area contributed by atoms with Crippen molar-refractivity contribution in [1.29, 1.82) is 0 Å². The smallest absolute Gasteiger partial charge is 0.270 e. The molecule has 0 aliphatic carbocycles. The maximum Gasteiger partial charge on any atom is 0.270 e. The van der Waals surface area contributed by atoms with E-state index in [0.717, 1.165) is 5.56 Å². The van der Waals surface area contributed by atoms with Crippen LogP contribution in [0.2, 0.25) is 0 Å². The number of carbonyl (C=O) groups is 2. The monoisotopic (exact) mass is 370 g/mol. The molecule has 0 aromatic heterocycles. The Bertz CT molecular complexity index is 890. The second kappa shape index (κ2) is 7.08. The fourth-order valence-electron chi connectivity index (χ4n) is 2.32. The third kappa shape index (κ3) is 3.57. The van der Waals surface area contributed by atoms with Crippen LogP contribution in [-0.2, 0) is 4.79 Å². The van der Waals surface area contributed by atoms with Gasteiger partial charge in [-0.3, -0.25) is 9.69 Å². The van der Waals surface area contributed by atoms with Crippen LogP contribution in [0.5, 0.6) is 5.75 Å². The molecule has 2 aromatic rings. The Morgan fingerprint density at radius 2 is 1.96 bits per heavy atom. The van der Waals surface area contributed by atoms with Crippen molar-refractivity contribution < 1.29 is 19.4 Å². The van der Waals surface area contributed by atoms with Gasteiger partial charge in [-0.15, -0.1) is 0 Å². The standard InChI is InChI=1S/C18H13NO4S2/c1-23-14-4-2-3-11(9-14)10-15-16(20)19(18(24)25-15)13-7-5-12(6-8-13)17(21)22/h2-10H,1H3,(H,21,22)/p-1/b15-10-. The number of carboxylic acids is 1. The largest absolute Gasteiger partial charge is 0.545 e. The molecule has 0 radical (unpaired) electrons. The highest BCUT2D eigenvalue weighted by Crippen LogP contribution is 2.36. The summed E-state index contributed by atoms with van der Waals surface area (Å²) in [5.74, 6) is -0.823. The van der Waals surface area contributed by atoms with Crippen LogP contribution in [0.15, 0.2) is 53.4 Å². The maximum atomic E-state index is 12.7. The molecule has 1 saturated heterocycles. The van der Waals surface area contributed by atoms with Gasteiger partial charge in [0, 0.05) is 0 Å². The second-order valence-corrected chi connectivity index (χ2v) is 6.80. The molecule has 1 aliphatic rings. The number of rotatable bonds is 4. The molecule has 0 spiro atoms. The molecular formula is C18H12NO4S2-. The van der Waals surface area contributed by atoms with Gasteiger partial charge in [0.05, 0.1) is 23.7 Å². The van der Waals surface area contributed by atoms with Gasteiger partial charge in [0.15, 0.2) is 4.32 Å². The minimum Gasteiger partial charge on any atom is -0.545 e. The van der Waals surface area contributed by atoms with E-state index in [-0.39, 0.29) is 11.5 Å². The summed E-state index contributed by atoms with van der Waals surface area (Å²) in [6.07, 6.45) is 1.75. The molecule has 7 heteroatoms. The first-order valence-corrected chi connectivity index (χ1v) is 8.45. The van der Waals surface area contributed by atoms with Gasteiger partial charge in [-0.05, 0) is 41.5 Å². The molecule has 0 bridgehead atoms. The van der Waals surface area contributed by atoms with E-state index in [9.17, 15) is 14.7 Å². The second-order valence-electron chi connectivity index (χ2n) is 5.13. The number of methoxy groups -OCH3 is 1. The molecule has 0 saturated carbocycles. The quantitative estimate of drug-likeness (QED) is 0.608. The van der Waals surface area contributed by atoms with Crippen molar-refractivity contribution in [3.63, 3.8) is 0 Å². The van der Waals surface area contributed by atoms with Crippen LogP contribution in [0.3, 0.4) is 0 Å². The first kappa shape index (κ1) is 17.2. The molecule has 2 aromatic carbocycles. The molecule has 3 rings (SSSR count). The highest BCUT2D eigenvalue weighted by molar-refractivity contribution is 8.27. The third-order valence-corrected chi connectivity index (χ3v) is 4.85. The van der Waals surface area contributed by atoms with E-state index in [1.165, 1.54) is 40.9 Å². The molecule has 1 amide bonds. The average molecular weight is 370 g/mol. The number of thioether (sulfide) groups is 1. The van der Waals surface area contributed by atoms with Gasteiger partial charge in [-0.25, -0.2) is 0 Å². The molecule has 25 heavy (non-hydrogen) atoms. The number of ether oxygens (including phenoxy) is 1. The zero-order chi connectivity index (χ0) is 18.0. The van der Waals surface area contributed by atoms with E-state index in [1.807, 2.05) is 24.3 Å². The van der Waals surface area contributed by atoms with Gasteiger partial charge in [0.1, 0.15) is 5.75 Å². The summed E-state index contributed by atoms with van der Waals surface area (Å²) in [6.45, 7) is 0. The van der Waals surface area contributed by atoms with E-state index >= 15 is 0 Å². The van der Waals surface area contributed by atoms with Crippen molar-refractivity contribution >= 4 is 51.9 Å². The van der Waals surface area contributed by atoms with Gasteiger partial charge < -0.3 is 14.6 Å². The molecule has 1 fully saturated rings. The average Bonchev–Trinajstić information content (AvgIpc) is 2.88. The van der Waals surface area contributed by atoms with E-state index in [0.29, 0.717) is 20.7 Å². The molecular weight excluding hydrogens is 358 g/mol. The summed E-state index contributed by atoms with van der Waals surface area (Å²) in [6, 6.07) is 13.2. The summed E-state index contributed by atoms with van der Waals surface area (Å²) in [5.41, 5.74) is 1.38. The molecule has 0 atom stereocenters. The Morgan fingerprint density at radius 1 is 1.24 bits per heavy atom. The molecule has 0 N–H and O–H groups in total. The number of benzene rings is 2. The zero-order valence-electron chi connectivity index (χ0n) is 13.1. The molecule has 0 unspecified atom stereocenters. The summed E-state index contributed by atoms with van der Waals surface area (Å²) >= 11 is 6.49. The van der Waals surface area contributed by atoms with Crippen molar-refractivity contribution in [3.05, 3.63) is 64.6 Å².